The van der Waals surface area contributed by atoms with Gasteiger partial charge in [-0.2, -0.15) is 0 Å². The fraction of sp³-hybridized carbons (Fsp3) is 0.500. The normalized spacial score (nSPS) is 13.5. The number of para-hydroxylation sites is 2. The van der Waals surface area contributed by atoms with Crippen molar-refractivity contribution in [1.82, 2.24) is 5.32 Å². The van der Waals surface area contributed by atoms with Crippen LogP contribution in [0.1, 0.15) is 13.8 Å². The van der Waals surface area contributed by atoms with Crippen molar-refractivity contribution in [3.63, 3.8) is 0 Å². The molecule has 0 bridgehead atoms. The molecule has 0 saturated carbocycles. The van der Waals surface area contributed by atoms with E-state index in [1.54, 1.807) is 14.0 Å². The first-order chi connectivity index (χ1) is 9.08. The predicted octanol–water partition coefficient (Wildman–Crippen LogP) is 1.17. The van der Waals surface area contributed by atoms with Crippen molar-refractivity contribution in [2.75, 3.05) is 20.2 Å². The van der Waals surface area contributed by atoms with E-state index >= 15 is 0 Å². The topological polar surface area (TPSA) is 73.6 Å². The Morgan fingerprint density at radius 2 is 1.95 bits per heavy atom. The smallest absolute Gasteiger partial charge is 0.224 e. The van der Waals surface area contributed by atoms with Gasteiger partial charge in [0.15, 0.2) is 11.5 Å². The summed E-state index contributed by atoms with van der Waals surface area (Å²) in [5, 5.41) is 2.81. The van der Waals surface area contributed by atoms with Gasteiger partial charge in [-0.3, -0.25) is 4.79 Å². The predicted molar refractivity (Wildman–Crippen MR) is 74.3 cm³/mol. The monoisotopic (exact) mass is 266 g/mol. The molecule has 5 heteroatoms. The Bertz CT molecular complexity index is 409. The Labute approximate surface area is 114 Å². The number of benzene rings is 1. The van der Waals surface area contributed by atoms with Gasteiger partial charge < -0.3 is 20.5 Å². The number of amides is 1. The summed E-state index contributed by atoms with van der Waals surface area (Å²) in [5.41, 5.74) is 5.43. The Hall–Kier alpha value is -1.75. The first-order valence-electron chi connectivity index (χ1n) is 6.36. The summed E-state index contributed by atoms with van der Waals surface area (Å²) in [6.07, 6.45) is -0.148. The van der Waals surface area contributed by atoms with Gasteiger partial charge in [-0.1, -0.05) is 19.1 Å². The van der Waals surface area contributed by atoms with Crippen LogP contribution in [0.25, 0.3) is 0 Å². The maximum Gasteiger partial charge on any atom is 0.224 e. The summed E-state index contributed by atoms with van der Waals surface area (Å²) in [7, 11) is 1.59. The van der Waals surface area contributed by atoms with E-state index in [4.69, 9.17) is 15.2 Å². The van der Waals surface area contributed by atoms with Gasteiger partial charge in [-0.05, 0) is 19.1 Å². The molecule has 19 heavy (non-hydrogen) atoms. The minimum absolute atomic E-state index is 0.0574. The zero-order chi connectivity index (χ0) is 14.3. The highest BCUT2D eigenvalue weighted by atomic mass is 16.5. The van der Waals surface area contributed by atoms with E-state index in [2.05, 4.69) is 5.32 Å². The van der Waals surface area contributed by atoms with Crippen molar-refractivity contribution in [3.8, 4) is 11.5 Å². The average Bonchev–Trinajstić information content (AvgIpc) is 2.44. The minimum Gasteiger partial charge on any atom is -0.493 e. The SMILES string of the molecule is COc1ccccc1OC(C)CNC(=O)C(C)CN. The molecule has 1 amide bonds. The van der Waals surface area contributed by atoms with Crippen molar-refractivity contribution in [2.45, 2.75) is 20.0 Å². The molecule has 0 aliphatic rings. The van der Waals surface area contributed by atoms with Crippen molar-refractivity contribution in [3.05, 3.63) is 24.3 Å². The first kappa shape index (κ1) is 15.3. The second-order valence-corrected chi connectivity index (χ2v) is 4.46. The first-order valence-corrected chi connectivity index (χ1v) is 6.36. The zero-order valence-electron chi connectivity index (χ0n) is 11.7. The number of methoxy groups -OCH3 is 1. The van der Waals surface area contributed by atoms with Gasteiger partial charge >= 0.3 is 0 Å². The Balaban J connectivity index is 2.47. The number of carbonyl (C=O) groups excluding carboxylic acids is 1. The van der Waals surface area contributed by atoms with Crippen LogP contribution in [-0.2, 0) is 4.79 Å². The standard InChI is InChI=1S/C14H22N2O3/c1-10(8-15)14(17)16-9-11(2)19-13-7-5-4-6-12(13)18-3/h4-7,10-11H,8-9,15H2,1-3H3,(H,16,17). The molecule has 0 fully saturated rings. The lowest BCUT2D eigenvalue weighted by molar-refractivity contribution is -0.124. The summed E-state index contributed by atoms with van der Waals surface area (Å²) < 4.78 is 10.9. The van der Waals surface area contributed by atoms with Gasteiger partial charge in [0.2, 0.25) is 5.91 Å². The van der Waals surface area contributed by atoms with Crippen LogP contribution >= 0.6 is 0 Å². The second kappa shape index (κ2) is 7.63. The van der Waals surface area contributed by atoms with E-state index in [0.717, 1.165) is 0 Å². The van der Waals surface area contributed by atoms with Gasteiger partial charge in [0, 0.05) is 12.5 Å². The average molecular weight is 266 g/mol. The number of nitrogens with one attached hydrogen (secondary N) is 1. The third-order valence-electron chi connectivity index (χ3n) is 2.76. The second-order valence-electron chi connectivity index (χ2n) is 4.46. The number of rotatable bonds is 7. The van der Waals surface area contributed by atoms with Crippen LogP contribution in [0.2, 0.25) is 0 Å². The molecule has 0 aliphatic carbocycles. The van der Waals surface area contributed by atoms with Gasteiger partial charge in [0.25, 0.3) is 0 Å². The Kier molecular flexibility index (Phi) is 6.15. The molecule has 0 radical (unpaired) electrons. The van der Waals surface area contributed by atoms with Gasteiger partial charge in [-0.15, -0.1) is 0 Å². The molecule has 2 unspecified atom stereocenters. The molecule has 0 heterocycles. The molecule has 3 N–H and O–H groups in total. The van der Waals surface area contributed by atoms with Crippen LogP contribution in [0.3, 0.4) is 0 Å². The lowest BCUT2D eigenvalue weighted by Gasteiger charge is -2.18. The maximum absolute atomic E-state index is 11.6. The van der Waals surface area contributed by atoms with Crippen LogP contribution in [0.4, 0.5) is 0 Å². The number of hydrogen-bond acceptors (Lipinski definition) is 4. The summed E-state index contributed by atoms with van der Waals surface area (Å²) in [6, 6.07) is 7.41. The van der Waals surface area contributed by atoms with Crippen molar-refractivity contribution in [2.24, 2.45) is 11.7 Å². The molecule has 0 spiro atoms. The van der Waals surface area contributed by atoms with E-state index in [0.29, 0.717) is 24.6 Å². The lowest BCUT2D eigenvalue weighted by atomic mass is 10.1. The summed E-state index contributed by atoms with van der Waals surface area (Å²) >= 11 is 0. The van der Waals surface area contributed by atoms with E-state index in [9.17, 15) is 4.79 Å². The third-order valence-corrected chi connectivity index (χ3v) is 2.76. The van der Waals surface area contributed by atoms with Crippen LogP contribution in [0.15, 0.2) is 24.3 Å². The number of carbonyl (C=O) groups is 1. The molecule has 5 nitrogen and oxygen atoms in total. The molecule has 0 aromatic heterocycles. The van der Waals surface area contributed by atoms with E-state index in [1.807, 2.05) is 31.2 Å². The fourth-order valence-electron chi connectivity index (χ4n) is 1.50. The van der Waals surface area contributed by atoms with E-state index < -0.39 is 0 Å². The van der Waals surface area contributed by atoms with E-state index in [1.165, 1.54) is 0 Å². The largest absolute Gasteiger partial charge is 0.493 e. The highest BCUT2D eigenvalue weighted by Crippen LogP contribution is 2.26. The van der Waals surface area contributed by atoms with Gasteiger partial charge in [-0.25, -0.2) is 0 Å². The molecule has 1 aromatic rings. The highest BCUT2D eigenvalue weighted by molar-refractivity contribution is 5.78. The fourth-order valence-corrected chi connectivity index (χ4v) is 1.50. The number of hydrogen-bond donors (Lipinski definition) is 2. The lowest BCUT2D eigenvalue weighted by Crippen LogP contribution is -2.38. The summed E-state index contributed by atoms with van der Waals surface area (Å²) in [6.45, 7) is 4.45. The van der Waals surface area contributed by atoms with Crippen molar-refractivity contribution >= 4 is 5.91 Å². The van der Waals surface area contributed by atoms with Gasteiger partial charge in [0.1, 0.15) is 6.10 Å². The summed E-state index contributed by atoms with van der Waals surface area (Å²) in [5.74, 6) is 1.10. The molecule has 106 valence electrons. The van der Waals surface area contributed by atoms with Crippen LogP contribution in [0, 0.1) is 5.92 Å². The summed E-state index contributed by atoms with van der Waals surface area (Å²) in [4.78, 5) is 11.6. The van der Waals surface area contributed by atoms with Crippen molar-refractivity contribution < 1.29 is 14.3 Å². The van der Waals surface area contributed by atoms with Crippen LogP contribution < -0.4 is 20.5 Å². The van der Waals surface area contributed by atoms with Gasteiger partial charge in [0.05, 0.1) is 13.7 Å². The third kappa shape index (κ3) is 4.79. The van der Waals surface area contributed by atoms with E-state index in [-0.39, 0.29) is 17.9 Å². The zero-order valence-corrected chi connectivity index (χ0v) is 11.7. The molecule has 1 rings (SSSR count). The molecule has 0 aliphatic heterocycles. The Morgan fingerprint density at radius 1 is 1.32 bits per heavy atom. The molecular formula is C14H22N2O3. The molecular weight excluding hydrogens is 244 g/mol. The van der Waals surface area contributed by atoms with Crippen LogP contribution in [0.5, 0.6) is 11.5 Å². The number of ether oxygens (including phenoxy) is 2. The highest BCUT2D eigenvalue weighted by Gasteiger charge is 2.13. The van der Waals surface area contributed by atoms with Crippen molar-refractivity contribution in [1.29, 1.82) is 0 Å². The Morgan fingerprint density at radius 3 is 2.53 bits per heavy atom. The minimum atomic E-state index is -0.182. The quantitative estimate of drug-likeness (QED) is 0.777. The molecule has 2 atom stereocenters. The maximum atomic E-state index is 11.6. The molecule has 0 saturated heterocycles. The number of nitrogens with two attached hydrogens (primary N) is 1. The van der Waals surface area contributed by atoms with Crippen LogP contribution in [-0.4, -0.2) is 32.2 Å². The molecule has 1 aromatic carbocycles.